The number of Topliss-reactive ketones (excluding diaryl/α,β-unsaturated/α-hetero) is 1. The minimum absolute atomic E-state index is 0.166. The van der Waals surface area contributed by atoms with Gasteiger partial charge in [0.15, 0.2) is 0 Å². The predicted octanol–water partition coefficient (Wildman–Crippen LogP) is 5.87. The minimum Gasteiger partial charge on any atom is -0.489 e. The van der Waals surface area contributed by atoms with Crippen molar-refractivity contribution in [2.75, 3.05) is 7.11 Å². The Morgan fingerprint density at radius 3 is 2.73 bits per heavy atom. The van der Waals surface area contributed by atoms with Crippen LogP contribution in [0, 0.1) is 23.2 Å². The lowest BCUT2D eigenvalue weighted by molar-refractivity contribution is -0.141. The molecule has 0 spiro atoms. The summed E-state index contributed by atoms with van der Waals surface area (Å²) in [7, 11) is 1.44. The summed E-state index contributed by atoms with van der Waals surface area (Å²) in [5.74, 6) is 2.86. The molecule has 4 nitrogen and oxygen atoms in total. The molecule has 5 rings (SSSR count). The number of carbonyl (C=O) groups excluding carboxylic acids is 2. The van der Waals surface area contributed by atoms with Gasteiger partial charge in [-0.15, -0.1) is 0 Å². The summed E-state index contributed by atoms with van der Waals surface area (Å²) >= 11 is 0. The van der Waals surface area contributed by atoms with Crippen molar-refractivity contribution in [3.8, 4) is 5.75 Å². The average Bonchev–Trinajstić information content (AvgIpc) is 3.11. The van der Waals surface area contributed by atoms with Crippen molar-refractivity contribution in [2.24, 2.45) is 23.2 Å². The van der Waals surface area contributed by atoms with Crippen LogP contribution in [0.1, 0.15) is 68.1 Å². The molecule has 2 aromatic rings. The van der Waals surface area contributed by atoms with Crippen LogP contribution >= 0.6 is 0 Å². The number of fused-ring (bicyclic) bond motifs is 5. The number of esters is 1. The molecule has 0 bridgehead atoms. The van der Waals surface area contributed by atoms with E-state index in [4.69, 9.17) is 9.47 Å². The first-order valence-electron chi connectivity index (χ1n) is 12.4. The van der Waals surface area contributed by atoms with E-state index in [-0.39, 0.29) is 11.4 Å². The van der Waals surface area contributed by atoms with Crippen LogP contribution in [0.4, 0.5) is 0 Å². The fraction of sp³-hybridized carbons (Fsp3) is 0.517. The molecule has 0 amide bonds. The Balaban J connectivity index is 1.34. The highest BCUT2D eigenvalue weighted by Crippen LogP contribution is 2.62. The first-order chi connectivity index (χ1) is 16.0. The van der Waals surface area contributed by atoms with Gasteiger partial charge in [-0.3, -0.25) is 9.59 Å². The Hall–Kier alpha value is -2.62. The largest absolute Gasteiger partial charge is 0.489 e. The molecule has 33 heavy (non-hydrogen) atoms. The third-order valence-corrected chi connectivity index (χ3v) is 8.74. The second-order valence-corrected chi connectivity index (χ2v) is 10.4. The molecule has 3 aliphatic carbocycles. The SMILES string of the molecule is COC(=O)CCC1CC(=O)[C@@]2(C)CCC3c4ccc(OCc5ccccc5)cc4CCC3C12. The van der Waals surface area contributed by atoms with E-state index in [0.29, 0.717) is 48.9 Å². The van der Waals surface area contributed by atoms with Crippen molar-refractivity contribution in [3.63, 3.8) is 0 Å². The van der Waals surface area contributed by atoms with E-state index in [2.05, 4.69) is 37.3 Å². The van der Waals surface area contributed by atoms with Gasteiger partial charge in [0, 0.05) is 18.3 Å². The number of methoxy groups -OCH3 is 1. The molecule has 5 atom stereocenters. The average molecular weight is 447 g/mol. The van der Waals surface area contributed by atoms with Crippen LogP contribution in [0.2, 0.25) is 0 Å². The van der Waals surface area contributed by atoms with Gasteiger partial charge < -0.3 is 9.47 Å². The fourth-order valence-corrected chi connectivity index (χ4v) is 7.12. The van der Waals surface area contributed by atoms with Gasteiger partial charge in [0.1, 0.15) is 18.1 Å². The smallest absolute Gasteiger partial charge is 0.305 e. The van der Waals surface area contributed by atoms with Crippen LogP contribution in [0.15, 0.2) is 48.5 Å². The van der Waals surface area contributed by atoms with Crippen LogP contribution in [0.25, 0.3) is 0 Å². The standard InChI is InChI=1S/C29H34O4/c1-29-15-14-24-23-12-10-22(33-18-19-6-4-3-5-7-19)16-20(23)8-11-25(24)28(29)21(17-26(29)30)9-13-27(31)32-2/h3-7,10,12,16,21,24-25,28H,8-9,11,13-15,17-18H2,1-2H3/t21?,24?,25?,28?,29-/m1/s1. The molecule has 0 radical (unpaired) electrons. The van der Waals surface area contributed by atoms with Crippen molar-refractivity contribution in [1.82, 2.24) is 0 Å². The van der Waals surface area contributed by atoms with Crippen molar-refractivity contribution in [2.45, 2.75) is 64.4 Å². The van der Waals surface area contributed by atoms with E-state index in [1.807, 2.05) is 18.2 Å². The summed E-state index contributed by atoms with van der Waals surface area (Å²) in [6.07, 6.45) is 5.98. The van der Waals surface area contributed by atoms with E-state index in [0.717, 1.165) is 37.9 Å². The Morgan fingerprint density at radius 2 is 1.94 bits per heavy atom. The molecule has 2 fully saturated rings. The molecule has 174 valence electrons. The molecular formula is C29H34O4. The zero-order valence-electron chi connectivity index (χ0n) is 19.7. The molecule has 0 aromatic heterocycles. The summed E-state index contributed by atoms with van der Waals surface area (Å²) in [4.78, 5) is 24.9. The number of rotatable bonds is 6. The third kappa shape index (κ3) is 4.09. The summed E-state index contributed by atoms with van der Waals surface area (Å²) < 4.78 is 11.0. The van der Waals surface area contributed by atoms with Gasteiger partial charge in [0.25, 0.3) is 0 Å². The van der Waals surface area contributed by atoms with Crippen LogP contribution in [-0.4, -0.2) is 18.9 Å². The number of ether oxygens (including phenoxy) is 2. The van der Waals surface area contributed by atoms with Gasteiger partial charge in [0.05, 0.1) is 7.11 Å². The number of aryl methyl sites for hydroxylation is 1. The maximum Gasteiger partial charge on any atom is 0.305 e. The zero-order valence-corrected chi connectivity index (χ0v) is 19.7. The van der Waals surface area contributed by atoms with Crippen molar-refractivity contribution >= 4 is 11.8 Å². The summed E-state index contributed by atoms with van der Waals surface area (Å²) in [6.45, 7) is 2.78. The molecule has 0 saturated heterocycles. The number of hydrogen-bond acceptors (Lipinski definition) is 4. The fourth-order valence-electron chi connectivity index (χ4n) is 7.12. The summed E-state index contributed by atoms with van der Waals surface area (Å²) in [6, 6.07) is 16.9. The maximum atomic E-state index is 13.1. The number of ketones is 1. The Kier molecular flexibility index (Phi) is 6.03. The number of hydrogen-bond donors (Lipinski definition) is 0. The van der Waals surface area contributed by atoms with Gasteiger partial charge >= 0.3 is 5.97 Å². The Bertz CT molecular complexity index is 1030. The lowest BCUT2D eigenvalue weighted by Crippen LogP contribution is -2.44. The van der Waals surface area contributed by atoms with Crippen LogP contribution < -0.4 is 4.74 Å². The first-order valence-corrected chi connectivity index (χ1v) is 12.4. The number of benzene rings is 2. The van der Waals surface area contributed by atoms with Crippen molar-refractivity contribution in [3.05, 3.63) is 65.2 Å². The molecule has 3 aliphatic rings. The summed E-state index contributed by atoms with van der Waals surface area (Å²) in [5, 5.41) is 0. The molecule has 4 unspecified atom stereocenters. The third-order valence-electron chi connectivity index (χ3n) is 8.74. The second kappa shape index (κ2) is 8.96. The lowest BCUT2D eigenvalue weighted by atomic mass is 9.54. The van der Waals surface area contributed by atoms with Gasteiger partial charge in [0.2, 0.25) is 0 Å². The molecular weight excluding hydrogens is 412 g/mol. The molecule has 2 aromatic carbocycles. The van der Waals surface area contributed by atoms with E-state index < -0.39 is 0 Å². The number of carbonyl (C=O) groups is 2. The van der Waals surface area contributed by atoms with Crippen molar-refractivity contribution < 1.29 is 19.1 Å². The highest BCUT2D eigenvalue weighted by molar-refractivity contribution is 5.87. The van der Waals surface area contributed by atoms with Crippen LogP contribution in [0.3, 0.4) is 0 Å². The Morgan fingerprint density at radius 1 is 1.12 bits per heavy atom. The quantitative estimate of drug-likeness (QED) is 0.521. The maximum absolute atomic E-state index is 13.1. The predicted molar refractivity (Wildman–Crippen MR) is 127 cm³/mol. The van der Waals surface area contributed by atoms with Gasteiger partial charge in [-0.1, -0.05) is 43.3 Å². The van der Waals surface area contributed by atoms with E-state index >= 15 is 0 Å². The molecule has 2 saturated carbocycles. The van der Waals surface area contributed by atoms with Gasteiger partial charge in [-0.25, -0.2) is 0 Å². The normalized spacial score (nSPS) is 30.2. The summed E-state index contributed by atoms with van der Waals surface area (Å²) in [5.41, 5.74) is 3.80. The Labute approximate surface area is 196 Å². The van der Waals surface area contributed by atoms with E-state index in [9.17, 15) is 9.59 Å². The highest BCUT2D eigenvalue weighted by atomic mass is 16.5. The topological polar surface area (TPSA) is 52.6 Å². The van der Waals surface area contributed by atoms with Crippen LogP contribution in [0.5, 0.6) is 5.75 Å². The van der Waals surface area contributed by atoms with E-state index in [1.54, 1.807) is 0 Å². The zero-order chi connectivity index (χ0) is 23.0. The molecule has 0 N–H and O–H groups in total. The van der Waals surface area contributed by atoms with Gasteiger partial charge in [-0.05, 0) is 84.6 Å². The molecule has 4 heteroatoms. The lowest BCUT2D eigenvalue weighted by Gasteiger charge is -2.50. The molecule has 0 heterocycles. The van der Waals surface area contributed by atoms with Crippen molar-refractivity contribution in [1.29, 1.82) is 0 Å². The van der Waals surface area contributed by atoms with E-state index in [1.165, 1.54) is 23.8 Å². The monoisotopic (exact) mass is 446 g/mol. The minimum atomic E-state index is -0.224. The van der Waals surface area contributed by atoms with Gasteiger partial charge in [-0.2, -0.15) is 0 Å². The first kappa shape index (κ1) is 22.2. The van der Waals surface area contributed by atoms with Crippen LogP contribution in [-0.2, 0) is 27.4 Å². The molecule has 0 aliphatic heterocycles. The second-order valence-electron chi connectivity index (χ2n) is 10.4. The highest BCUT2D eigenvalue weighted by Gasteiger charge is 2.58.